The number of likely N-dealkylation sites (tertiary alicyclic amines) is 1. The number of nitriles is 1. The number of halogens is 1. The van der Waals surface area contributed by atoms with Crippen molar-refractivity contribution in [3.63, 3.8) is 0 Å². The molecule has 1 fully saturated rings. The van der Waals surface area contributed by atoms with Crippen molar-refractivity contribution in [3.05, 3.63) is 29.6 Å². The van der Waals surface area contributed by atoms with Crippen molar-refractivity contribution in [2.45, 2.75) is 12.5 Å². The van der Waals surface area contributed by atoms with Crippen LogP contribution in [-0.2, 0) is 4.79 Å². The zero-order valence-corrected chi connectivity index (χ0v) is 9.31. The van der Waals surface area contributed by atoms with E-state index in [2.05, 4.69) is 0 Å². The first kappa shape index (κ1) is 11.4. The Morgan fingerprint density at radius 2 is 2.35 bits per heavy atom. The summed E-state index contributed by atoms with van der Waals surface area (Å²) in [7, 11) is 1.70. The van der Waals surface area contributed by atoms with Crippen LogP contribution in [0, 0.1) is 17.1 Å². The maximum Gasteiger partial charge on any atom is 0.263 e. The van der Waals surface area contributed by atoms with Gasteiger partial charge in [0.15, 0.2) is 6.10 Å². The summed E-state index contributed by atoms with van der Waals surface area (Å²) in [5.41, 5.74) is -0.0350. The largest absolute Gasteiger partial charge is 0.480 e. The number of rotatable bonds is 2. The second-order valence-corrected chi connectivity index (χ2v) is 3.91. The van der Waals surface area contributed by atoms with Crippen molar-refractivity contribution in [2.24, 2.45) is 0 Å². The molecule has 0 saturated carbocycles. The zero-order valence-electron chi connectivity index (χ0n) is 9.31. The molecule has 1 aliphatic heterocycles. The molecule has 1 aromatic carbocycles. The van der Waals surface area contributed by atoms with Crippen molar-refractivity contribution in [1.29, 1.82) is 5.26 Å². The molecule has 1 unspecified atom stereocenters. The number of amides is 1. The number of hydrogen-bond acceptors (Lipinski definition) is 3. The molecule has 1 heterocycles. The Balaban J connectivity index is 2.13. The van der Waals surface area contributed by atoms with Gasteiger partial charge in [-0.05, 0) is 12.1 Å². The Bertz CT molecular complexity index is 496. The van der Waals surface area contributed by atoms with Gasteiger partial charge in [-0.1, -0.05) is 0 Å². The Kier molecular flexibility index (Phi) is 2.96. The lowest BCUT2D eigenvalue weighted by molar-refractivity contribution is -0.132. The van der Waals surface area contributed by atoms with Gasteiger partial charge in [-0.2, -0.15) is 5.26 Å². The zero-order chi connectivity index (χ0) is 12.4. The highest BCUT2D eigenvalue weighted by molar-refractivity contribution is 5.83. The Morgan fingerprint density at radius 3 is 2.88 bits per heavy atom. The van der Waals surface area contributed by atoms with Crippen molar-refractivity contribution in [2.75, 3.05) is 13.6 Å². The molecule has 1 aliphatic rings. The minimum atomic E-state index is -0.635. The van der Waals surface area contributed by atoms with Crippen LogP contribution in [-0.4, -0.2) is 30.5 Å². The van der Waals surface area contributed by atoms with E-state index in [1.165, 1.54) is 12.1 Å². The molecule has 5 heteroatoms. The maximum absolute atomic E-state index is 13.3. The predicted molar refractivity (Wildman–Crippen MR) is 57.8 cm³/mol. The van der Waals surface area contributed by atoms with Gasteiger partial charge < -0.3 is 9.64 Å². The van der Waals surface area contributed by atoms with E-state index in [-0.39, 0.29) is 17.2 Å². The third-order valence-corrected chi connectivity index (χ3v) is 2.72. The van der Waals surface area contributed by atoms with E-state index in [0.717, 1.165) is 6.07 Å². The Labute approximate surface area is 98.2 Å². The summed E-state index contributed by atoms with van der Waals surface area (Å²) in [6, 6.07) is 5.69. The van der Waals surface area contributed by atoms with E-state index in [9.17, 15) is 9.18 Å². The monoisotopic (exact) mass is 234 g/mol. The summed E-state index contributed by atoms with van der Waals surface area (Å²) in [4.78, 5) is 13.1. The molecule has 2 rings (SSSR count). The first-order valence-electron chi connectivity index (χ1n) is 5.23. The fourth-order valence-corrected chi connectivity index (χ4v) is 1.72. The maximum atomic E-state index is 13.3. The number of likely N-dealkylation sites (N-methyl/N-ethyl adjacent to an activating group) is 1. The standard InChI is InChI=1S/C12H11FN2O2/c1-15-5-4-11(12(15)16)17-9-3-2-8(7-14)10(13)6-9/h2-3,6,11H,4-5H2,1H3. The minimum absolute atomic E-state index is 0.0350. The van der Waals surface area contributed by atoms with Crippen LogP contribution in [0.2, 0.25) is 0 Å². The van der Waals surface area contributed by atoms with Gasteiger partial charge in [0.05, 0.1) is 5.56 Å². The molecule has 1 saturated heterocycles. The average Bonchev–Trinajstić information content (AvgIpc) is 2.61. The number of hydrogen-bond donors (Lipinski definition) is 0. The van der Waals surface area contributed by atoms with Crippen molar-refractivity contribution in [3.8, 4) is 11.8 Å². The van der Waals surface area contributed by atoms with Gasteiger partial charge in [0.25, 0.3) is 5.91 Å². The van der Waals surface area contributed by atoms with Crippen LogP contribution in [0.15, 0.2) is 18.2 Å². The summed E-state index contributed by atoms with van der Waals surface area (Å²) in [6.07, 6.45) is 0.0454. The van der Waals surface area contributed by atoms with E-state index in [1.54, 1.807) is 18.0 Å². The van der Waals surface area contributed by atoms with E-state index < -0.39 is 11.9 Å². The Morgan fingerprint density at radius 1 is 1.59 bits per heavy atom. The average molecular weight is 234 g/mol. The highest BCUT2D eigenvalue weighted by Gasteiger charge is 2.30. The summed E-state index contributed by atoms with van der Waals surface area (Å²) in [5, 5.41) is 8.58. The number of carbonyl (C=O) groups is 1. The van der Waals surface area contributed by atoms with Crippen LogP contribution in [0.3, 0.4) is 0 Å². The van der Waals surface area contributed by atoms with Crippen LogP contribution >= 0.6 is 0 Å². The smallest absolute Gasteiger partial charge is 0.263 e. The van der Waals surface area contributed by atoms with Crippen LogP contribution in [0.1, 0.15) is 12.0 Å². The number of carbonyl (C=O) groups excluding carboxylic acids is 1. The highest BCUT2D eigenvalue weighted by atomic mass is 19.1. The van der Waals surface area contributed by atoms with Crippen LogP contribution in [0.5, 0.6) is 5.75 Å². The fourth-order valence-electron chi connectivity index (χ4n) is 1.72. The molecular weight excluding hydrogens is 223 g/mol. The van der Waals surface area contributed by atoms with Crippen molar-refractivity contribution in [1.82, 2.24) is 4.90 Å². The van der Waals surface area contributed by atoms with E-state index in [4.69, 9.17) is 10.00 Å². The van der Waals surface area contributed by atoms with Gasteiger partial charge in [-0.15, -0.1) is 0 Å². The van der Waals surface area contributed by atoms with Crippen LogP contribution < -0.4 is 4.74 Å². The number of ether oxygens (including phenoxy) is 1. The molecule has 88 valence electrons. The second-order valence-electron chi connectivity index (χ2n) is 3.91. The normalized spacial score (nSPS) is 19.2. The SMILES string of the molecule is CN1CCC(Oc2ccc(C#N)c(F)c2)C1=O. The molecule has 0 aliphatic carbocycles. The molecule has 0 N–H and O–H groups in total. The van der Waals surface area contributed by atoms with E-state index in [1.807, 2.05) is 0 Å². The van der Waals surface area contributed by atoms with Gasteiger partial charge >= 0.3 is 0 Å². The van der Waals surface area contributed by atoms with E-state index in [0.29, 0.717) is 13.0 Å². The van der Waals surface area contributed by atoms with Crippen molar-refractivity contribution < 1.29 is 13.9 Å². The van der Waals surface area contributed by atoms with E-state index >= 15 is 0 Å². The third kappa shape index (κ3) is 2.21. The molecule has 1 amide bonds. The third-order valence-electron chi connectivity index (χ3n) is 2.72. The topological polar surface area (TPSA) is 53.3 Å². The van der Waals surface area contributed by atoms with Gasteiger partial charge in [0.1, 0.15) is 17.6 Å². The first-order chi connectivity index (χ1) is 8.11. The lowest BCUT2D eigenvalue weighted by Crippen LogP contribution is -2.29. The fraction of sp³-hybridized carbons (Fsp3) is 0.333. The highest BCUT2D eigenvalue weighted by Crippen LogP contribution is 2.21. The summed E-state index contributed by atoms with van der Waals surface area (Å²) >= 11 is 0. The molecule has 17 heavy (non-hydrogen) atoms. The van der Waals surface area contributed by atoms with Crippen LogP contribution in [0.25, 0.3) is 0 Å². The summed E-state index contributed by atoms with van der Waals surface area (Å²) < 4.78 is 18.7. The van der Waals surface area contributed by atoms with Crippen molar-refractivity contribution >= 4 is 5.91 Å². The first-order valence-corrected chi connectivity index (χ1v) is 5.23. The molecule has 0 aromatic heterocycles. The second kappa shape index (κ2) is 4.42. The molecule has 0 spiro atoms. The molecule has 4 nitrogen and oxygen atoms in total. The van der Waals surface area contributed by atoms with Gasteiger partial charge in [-0.3, -0.25) is 4.79 Å². The number of nitrogens with zero attached hydrogens (tertiary/aromatic N) is 2. The quantitative estimate of drug-likeness (QED) is 0.775. The van der Waals surface area contributed by atoms with Crippen LogP contribution in [0.4, 0.5) is 4.39 Å². The number of benzene rings is 1. The molecule has 1 aromatic rings. The predicted octanol–water partition coefficient (Wildman–Crippen LogP) is 1.31. The lowest BCUT2D eigenvalue weighted by Gasteiger charge is -2.13. The van der Waals surface area contributed by atoms with Gasteiger partial charge in [0.2, 0.25) is 0 Å². The van der Waals surface area contributed by atoms with Gasteiger partial charge in [-0.25, -0.2) is 4.39 Å². The molecule has 0 bridgehead atoms. The molecular formula is C12H11FN2O2. The summed E-state index contributed by atoms with van der Waals surface area (Å²) in [5.74, 6) is -0.464. The summed E-state index contributed by atoms with van der Waals surface area (Å²) in [6.45, 7) is 0.641. The van der Waals surface area contributed by atoms with Gasteiger partial charge in [0, 0.05) is 26.1 Å². The lowest BCUT2D eigenvalue weighted by atomic mass is 10.2. The minimum Gasteiger partial charge on any atom is -0.480 e. The molecule has 0 radical (unpaired) electrons. The molecule has 1 atom stereocenters. The Hall–Kier alpha value is -2.09.